The molecule has 2 heterocycles. The average molecular weight is 397 g/mol. The van der Waals surface area contributed by atoms with Crippen molar-refractivity contribution in [1.29, 1.82) is 10.5 Å². The van der Waals surface area contributed by atoms with Crippen molar-refractivity contribution in [2.75, 3.05) is 6.61 Å². The smallest absolute Gasteiger partial charge is 0.340 e. The summed E-state index contributed by atoms with van der Waals surface area (Å²) in [5.74, 6) is -2.41. The quantitative estimate of drug-likeness (QED) is 0.702. The van der Waals surface area contributed by atoms with Crippen LogP contribution in [-0.4, -0.2) is 40.3 Å². The van der Waals surface area contributed by atoms with Crippen LogP contribution in [0.4, 0.5) is 0 Å². The van der Waals surface area contributed by atoms with E-state index < -0.39 is 29.2 Å². The van der Waals surface area contributed by atoms with Crippen molar-refractivity contribution in [2.24, 2.45) is 5.41 Å². The van der Waals surface area contributed by atoms with E-state index in [4.69, 9.17) is 9.47 Å². The SMILES string of the molecule is CC(C)OC1(C#N)C(C(=O)O)=C(C#N)N2C=CC=CC2=C1C(=O)OCC(C)(C)C. The molecule has 0 aromatic rings. The number of carbonyl (C=O) groups excluding carboxylic acids is 1. The summed E-state index contributed by atoms with van der Waals surface area (Å²) in [5, 5.41) is 29.6. The van der Waals surface area contributed by atoms with Crippen LogP contribution in [0.3, 0.4) is 0 Å². The summed E-state index contributed by atoms with van der Waals surface area (Å²) in [6.45, 7) is 8.86. The number of rotatable bonds is 5. The molecule has 0 aromatic heterocycles. The number of hydrogen-bond acceptors (Lipinski definition) is 7. The maximum Gasteiger partial charge on any atom is 0.340 e. The van der Waals surface area contributed by atoms with E-state index >= 15 is 0 Å². The Hall–Kier alpha value is -3.36. The summed E-state index contributed by atoms with van der Waals surface area (Å²) in [5.41, 5.74) is -3.69. The first-order valence-corrected chi connectivity index (χ1v) is 9.01. The molecule has 0 bridgehead atoms. The topological polar surface area (TPSA) is 124 Å². The van der Waals surface area contributed by atoms with Gasteiger partial charge in [-0.3, -0.25) is 0 Å². The fourth-order valence-corrected chi connectivity index (χ4v) is 3.01. The maximum atomic E-state index is 13.1. The first-order valence-electron chi connectivity index (χ1n) is 9.01. The van der Waals surface area contributed by atoms with Gasteiger partial charge in [0.2, 0.25) is 5.60 Å². The molecule has 1 N–H and O–H groups in total. The predicted octanol–water partition coefficient (Wildman–Crippen LogP) is 2.78. The number of allylic oxidation sites excluding steroid dienone is 4. The van der Waals surface area contributed by atoms with Crippen molar-refractivity contribution >= 4 is 11.9 Å². The van der Waals surface area contributed by atoms with Crippen LogP contribution >= 0.6 is 0 Å². The summed E-state index contributed by atoms with van der Waals surface area (Å²) < 4.78 is 11.2. The number of nitriles is 2. The van der Waals surface area contributed by atoms with E-state index in [0.29, 0.717) is 0 Å². The van der Waals surface area contributed by atoms with Gasteiger partial charge in [-0.05, 0) is 31.4 Å². The molecule has 8 nitrogen and oxygen atoms in total. The highest BCUT2D eigenvalue weighted by molar-refractivity contribution is 6.02. The monoisotopic (exact) mass is 397 g/mol. The van der Waals surface area contributed by atoms with E-state index in [0.717, 1.165) is 0 Å². The second-order valence-electron chi connectivity index (χ2n) is 8.07. The molecule has 2 rings (SSSR count). The highest BCUT2D eigenvalue weighted by atomic mass is 16.5. The third kappa shape index (κ3) is 4.08. The van der Waals surface area contributed by atoms with Crippen LogP contribution in [0.15, 0.2) is 47.0 Å². The van der Waals surface area contributed by atoms with Crippen LogP contribution in [0, 0.1) is 28.1 Å². The Labute approximate surface area is 169 Å². The lowest BCUT2D eigenvalue weighted by Gasteiger charge is -2.40. The van der Waals surface area contributed by atoms with E-state index in [2.05, 4.69) is 0 Å². The summed E-state index contributed by atoms with van der Waals surface area (Å²) in [6.07, 6.45) is 5.54. The lowest BCUT2D eigenvalue weighted by atomic mass is 9.80. The zero-order valence-corrected chi connectivity index (χ0v) is 17.0. The number of carboxylic acids is 1. The highest BCUT2D eigenvalue weighted by Gasteiger charge is 2.55. The van der Waals surface area contributed by atoms with Crippen LogP contribution in [0.25, 0.3) is 0 Å². The fourth-order valence-electron chi connectivity index (χ4n) is 3.01. The maximum absolute atomic E-state index is 13.1. The Bertz CT molecular complexity index is 935. The Kier molecular flexibility index (Phi) is 6.01. The first-order chi connectivity index (χ1) is 13.5. The number of hydrogen-bond donors (Lipinski definition) is 1. The normalized spacial score (nSPS) is 21.0. The second-order valence-corrected chi connectivity index (χ2v) is 8.07. The van der Waals surface area contributed by atoms with Gasteiger partial charge in [-0.2, -0.15) is 10.5 Å². The number of ether oxygens (including phenoxy) is 2. The van der Waals surface area contributed by atoms with Crippen molar-refractivity contribution in [3.63, 3.8) is 0 Å². The molecule has 1 unspecified atom stereocenters. The molecule has 29 heavy (non-hydrogen) atoms. The number of carbonyl (C=O) groups is 2. The number of carboxylic acid groups (broad SMARTS) is 1. The van der Waals surface area contributed by atoms with Crippen molar-refractivity contribution < 1.29 is 24.2 Å². The molecule has 8 heteroatoms. The standard InChI is InChI=1S/C21H23N3O5/c1-13(2)29-21(11-23)16(18(25)26)15(10-22)24-9-7-6-8-14(24)17(21)19(27)28-12-20(3,4)5/h6-9,13H,12H2,1-5H3,(H,25,26). The van der Waals surface area contributed by atoms with Gasteiger partial charge in [0.05, 0.1) is 18.4 Å². The van der Waals surface area contributed by atoms with Crippen LogP contribution in [-0.2, 0) is 19.1 Å². The Morgan fingerprint density at radius 3 is 2.38 bits per heavy atom. The third-order valence-electron chi connectivity index (χ3n) is 4.03. The summed E-state index contributed by atoms with van der Waals surface area (Å²) in [7, 11) is 0. The molecule has 0 amide bonds. The minimum Gasteiger partial charge on any atom is -0.478 e. The van der Waals surface area contributed by atoms with Crippen molar-refractivity contribution in [2.45, 2.75) is 46.3 Å². The molecule has 152 valence electrons. The van der Waals surface area contributed by atoms with Crippen LogP contribution in [0.2, 0.25) is 0 Å². The Morgan fingerprint density at radius 2 is 1.90 bits per heavy atom. The van der Waals surface area contributed by atoms with Crippen LogP contribution in [0.1, 0.15) is 34.6 Å². The minimum absolute atomic E-state index is 0.0442. The van der Waals surface area contributed by atoms with Gasteiger partial charge in [0.1, 0.15) is 29.0 Å². The molecule has 0 saturated heterocycles. The molecule has 0 fully saturated rings. The lowest BCUT2D eigenvalue weighted by Crippen LogP contribution is -2.50. The third-order valence-corrected chi connectivity index (χ3v) is 4.03. The average Bonchev–Trinajstić information content (AvgIpc) is 2.63. The largest absolute Gasteiger partial charge is 0.478 e. The van der Waals surface area contributed by atoms with Crippen molar-refractivity contribution in [3.8, 4) is 12.1 Å². The van der Waals surface area contributed by atoms with Gasteiger partial charge in [0.25, 0.3) is 0 Å². The van der Waals surface area contributed by atoms with E-state index in [-0.39, 0.29) is 29.0 Å². The second kappa shape index (κ2) is 7.94. The molecule has 0 aromatic carbocycles. The zero-order chi connectivity index (χ0) is 22.0. The van der Waals surface area contributed by atoms with E-state index in [1.165, 1.54) is 17.2 Å². The number of aliphatic carboxylic acids is 1. The molecule has 0 aliphatic carbocycles. The number of nitrogens with zero attached hydrogens (tertiary/aromatic N) is 3. The molecule has 0 radical (unpaired) electrons. The molecule has 0 spiro atoms. The zero-order valence-electron chi connectivity index (χ0n) is 17.0. The Balaban J connectivity index is 2.82. The molecule has 0 saturated carbocycles. The molecule has 2 aliphatic heterocycles. The minimum atomic E-state index is -2.30. The number of esters is 1. The van der Waals surface area contributed by atoms with Crippen LogP contribution < -0.4 is 0 Å². The molecular weight excluding hydrogens is 374 g/mol. The summed E-state index contributed by atoms with van der Waals surface area (Å²) >= 11 is 0. The lowest BCUT2D eigenvalue weighted by molar-refractivity contribution is -0.145. The highest BCUT2D eigenvalue weighted by Crippen LogP contribution is 2.43. The fraction of sp³-hybridized carbons (Fsp3) is 0.429. The van der Waals surface area contributed by atoms with Gasteiger partial charge in [-0.15, -0.1) is 0 Å². The predicted molar refractivity (Wildman–Crippen MR) is 102 cm³/mol. The van der Waals surface area contributed by atoms with Crippen molar-refractivity contribution in [1.82, 2.24) is 4.90 Å². The molecule has 1 atom stereocenters. The number of fused-ring (bicyclic) bond motifs is 1. The van der Waals surface area contributed by atoms with Gasteiger partial charge in [-0.1, -0.05) is 26.8 Å². The Morgan fingerprint density at radius 1 is 1.24 bits per heavy atom. The van der Waals surface area contributed by atoms with Gasteiger partial charge < -0.3 is 19.5 Å². The summed E-state index contributed by atoms with van der Waals surface area (Å²) in [6, 6.07) is 3.69. The summed E-state index contributed by atoms with van der Waals surface area (Å²) in [4.78, 5) is 26.5. The van der Waals surface area contributed by atoms with E-state index in [1.54, 1.807) is 26.0 Å². The molecular formula is C21H23N3O5. The van der Waals surface area contributed by atoms with Gasteiger partial charge >= 0.3 is 11.9 Å². The van der Waals surface area contributed by atoms with E-state index in [9.17, 15) is 25.2 Å². The van der Waals surface area contributed by atoms with E-state index in [1.807, 2.05) is 32.9 Å². The van der Waals surface area contributed by atoms with Gasteiger partial charge in [-0.25, -0.2) is 9.59 Å². The van der Waals surface area contributed by atoms with Gasteiger partial charge in [0, 0.05) is 6.20 Å². The van der Waals surface area contributed by atoms with Gasteiger partial charge in [0.15, 0.2) is 0 Å². The van der Waals surface area contributed by atoms with Crippen LogP contribution in [0.5, 0.6) is 0 Å². The first kappa shape index (κ1) is 21.9. The molecule has 2 aliphatic rings. The van der Waals surface area contributed by atoms with Crippen molar-refractivity contribution in [3.05, 3.63) is 47.0 Å².